The van der Waals surface area contributed by atoms with E-state index in [1.807, 2.05) is 18.2 Å². The number of fused-ring (bicyclic) bond motifs is 5. The van der Waals surface area contributed by atoms with E-state index in [9.17, 15) is 14.3 Å². The summed E-state index contributed by atoms with van der Waals surface area (Å²) < 4.78 is 22.1. The maximum atomic E-state index is 13.7. The zero-order valence-electron chi connectivity index (χ0n) is 25.2. The van der Waals surface area contributed by atoms with Gasteiger partial charge in [-0.3, -0.25) is 9.69 Å². The van der Waals surface area contributed by atoms with E-state index < -0.39 is 5.60 Å². The fourth-order valence-electron chi connectivity index (χ4n) is 6.87. The van der Waals surface area contributed by atoms with Crippen molar-refractivity contribution in [3.63, 3.8) is 0 Å². The molecular weight excluding hydrogens is 563 g/mol. The first-order valence-electron chi connectivity index (χ1n) is 15.5. The number of alkyl halides is 1. The average molecular weight is 603 g/mol. The Morgan fingerprint density at radius 1 is 1.05 bits per heavy atom. The predicted octanol–water partition coefficient (Wildman–Crippen LogP) is 3.78. The Bertz CT molecular complexity index is 1690. The number of hydrogen-bond acceptors (Lipinski definition) is 9. The first-order valence-corrected chi connectivity index (χ1v) is 15.5. The predicted molar refractivity (Wildman–Crippen MR) is 167 cm³/mol. The fourth-order valence-corrected chi connectivity index (χ4v) is 6.87. The van der Waals surface area contributed by atoms with Gasteiger partial charge in [-0.1, -0.05) is 6.07 Å². The van der Waals surface area contributed by atoms with Crippen molar-refractivity contribution in [1.82, 2.24) is 29.2 Å². The van der Waals surface area contributed by atoms with Crippen molar-refractivity contribution in [3.05, 3.63) is 64.7 Å². The van der Waals surface area contributed by atoms with E-state index >= 15 is 0 Å². The largest absolute Gasteiger partial charge is 0.384 e. The monoisotopic (exact) mass is 602 g/mol. The number of anilines is 3. The van der Waals surface area contributed by atoms with Gasteiger partial charge in [0.05, 0.1) is 18.3 Å². The maximum Gasteiger partial charge on any atom is 0.278 e. The fraction of sp³-hybridized carbons (Fsp3) is 0.500. The molecule has 0 radical (unpaired) electrons. The molecule has 3 aromatic heterocycles. The van der Waals surface area contributed by atoms with Crippen LogP contribution in [0, 0.1) is 5.92 Å². The number of nitrogens with zero attached hydrogens (tertiary/aromatic N) is 7. The van der Waals surface area contributed by atoms with Gasteiger partial charge in [-0.25, -0.2) is 23.7 Å². The van der Waals surface area contributed by atoms with Crippen LogP contribution in [0.5, 0.6) is 0 Å². The summed E-state index contributed by atoms with van der Waals surface area (Å²) in [5.74, 6) is 1.39. The number of rotatable bonds is 8. The third-order valence-corrected chi connectivity index (χ3v) is 9.10. The second-order valence-corrected chi connectivity index (χ2v) is 12.7. The molecule has 3 unspecified atom stereocenters. The lowest BCUT2D eigenvalue weighted by atomic mass is 9.94. The van der Waals surface area contributed by atoms with Crippen molar-refractivity contribution in [2.45, 2.75) is 50.8 Å². The number of aromatic nitrogens is 5. The summed E-state index contributed by atoms with van der Waals surface area (Å²) in [6.07, 6.45) is 4.57. The molecule has 4 aliphatic heterocycles. The number of aliphatic hydroxyl groups is 1. The molecule has 44 heavy (non-hydrogen) atoms. The Morgan fingerprint density at radius 2 is 1.89 bits per heavy atom. The summed E-state index contributed by atoms with van der Waals surface area (Å²) in [5.41, 5.74) is 1.53. The molecule has 8 rings (SSSR count). The van der Waals surface area contributed by atoms with Gasteiger partial charge in [0, 0.05) is 56.4 Å². The molecule has 0 aliphatic carbocycles. The van der Waals surface area contributed by atoms with Crippen LogP contribution in [0.2, 0.25) is 0 Å². The van der Waals surface area contributed by atoms with Crippen molar-refractivity contribution in [1.29, 1.82) is 0 Å². The number of halogens is 1. The highest BCUT2D eigenvalue weighted by molar-refractivity contribution is 5.77. The van der Waals surface area contributed by atoms with Gasteiger partial charge in [-0.2, -0.15) is 4.98 Å². The third-order valence-electron chi connectivity index (χ3n) is 9.10. The van der Waals surface area contributed by atoms with Gasteiger partial charge in [0.15, 0.2) is 11.5 Å². The van der Waals surface area contributed by atoms with E-state index in [1.54, 1.807) is 41.5 Å². The Balaban J connectivity index is 1.20. The number of nitrogens with one attached hydrogen (secondary N) is 1. The van der Waals surface area contributed by atoms with Crippen LogP contribution >= 0.6 is 0 Å². The van der Waals surface area contributed by atoms with Crippen LogP contribution in [0.4, 0.5) is 21.7 Å². The van der Waals surface area contributed by atoms with Gasteiger partial charge in [0.1, 0.15) is 17.7 Å². The highest BCUT2D eigenvalue weighted by Gasteiger charge is 2.35. The zero-order chi connectivity index (χ0) is 30.4. The minimum atomic E-state index is -1.16. The lowest BCUT2D eigenvalue weighted by Gasteiger charge is -2.38. The lowest BCUT2D eigenvalue weighted by molar-refractivity contribution is 0.0737. The summed E-state index contributed by atoms with van der Waals surface area (Å²) in [4.78, 5) is 32.4. The van der Waals surface area contributed by atoms with Crippen LogP contribution in [0.25, 0.3) is 16.9 Å². The van der Waals surface area contributed by atoms with Crippen molar-refractivity contribution in [2.75, 3.05) is 56.3 Å². The molecule has 232 valence electrons. The molecule has 0 spiro atoms. The molecule has 4 aliphatic rings. The van der Waals surface area contributed by atoms with Crippen molar-refractivity contribution < 1.29 is 14.2 Å². The number of hydrogen-bond donors (Lipinski definition) is 2. The van der Waals surface area contributed by atoms with Crippen LogP contribution in [0.3, 0.4) is 0 Å². The number of pyridine rings is 1. The molecule has 1 aromatic carbocycles. The molecule has 0 saturated carbocycles. The van der Waals surface area contributed by atoms with Gasteiger partial charge in [-0.05, 0) is 75.4 Å². The second-order valence-electron chi connectivity index (χ2n) is 12.7. The quantitative estimate of drug-likeness (QED) is 0.311. The topological polar surface area (TPSA) is 114 Å². The minimum absolute atomic E-state index is 0.174. The van der Waals surface area contributed by atoms with Crippen LogP contribution in [-0.4, -0.2) is 86.4 Å². The first kappa shape index (κ1) is 28.9. The number of benzene rings is 1. The van der Waals surface area contributed by atoms with E-state index in [0.717, 1.165) is 37.4 Å². The molecule has 7 heterocycles. The van der Waals surface area contributed by atoms with Crippen LogP contribution in [0.1, 0.15) is 44.8 Å². The third kappa shape index (κ3) is 5.46. The summed E-state index contributed by atoms with van der Waals surface area (Å²) >= 11 is 0. The highest BCUT2D eigenvalue weighted by Crippen LogP contribution is 2.33. The zero-order valence-corrected chi connectivity index (χ0v) is 25.2. The number of piperidine rings is 1. The number of ether oxygens (including phenoxy) is 1. The minimum Gasteiger partial charge on any atom is -0.384 e. The van der Waals surface area contributed by atoms with Crippen LogP contribution < -0.4 is 15.8 Å². The Kier molecular flexibility index (Phi) is 7.59. The standard InChI is InChI=1S/C32H39FN8O3/c1-32(2,43)27-4-3-5-28(36-27)41-29-26(30(42)40(41)25-12-15-44-20-25)16-34-31(37-29)35-22-7-10-23(11-8-22)39-18-21-6-9-24(39)19-38(17-21)14-13-33/h3-5,7-8,10-11,16,21,24-25,43H,6,9,12-15,17-20H2,1-2H3,(H,34,35,37). The van der Waals surface area contributed by atoms with Gasteiger partial charge in [0.25, 0.3) is 5.56 Å². The smallest absolute Gasteiger partial charge is 0.278 e. The Labute approximate surface area is 255 Å². The molecular formula is C32H39FN8O3. The van der Waals surface area contributed by atoms with Gasteiger partial charge >= 0.3 is 0 Å². The summed E-state index contributed by atoms with van der Waals surface area (Å²) in [7, 11) is 0. The molecule has 4 aromatic rings. The SMILES string of the molecule is CC(C)(O)c1cccc(-n2c3nc(Nc4ccc(N5CC6CCC5CN(CCF)C6)cc4)ncc3c(=O)n2C2CCOC2)n1. The van der Waals surface area contributed by atoms with E-state index in [4.69, 9.17) is 14.7 Å². The first-order chi connectivity index (χ1) is 21.3. The van der Waals surface area contributed by atoms with Crippen molar-refractivity contribution in [2.24, 2.45) is 5.92 Å². The molecule has 0 amide bonds. The Hall–Kier alpha value is -3.87. The van der Waals surface area contributed by atoms with Gasteiger partial charge in [-0.15, -0.1) is 0 Å². The van der Waals surface area contributed by atoms with Crippen LogP contribution in [0.15, 0.2) is 53.5 Å². The lowest BCUT2D eigenvalue weighted by Crippen LogP contribution is -2.44. The van der Waals surface area contributed by atoms with E-state index in [0.29, 0.717) is 66.6 Å². The highest BCUT2D eigenvalue weighted by atomic mass is 19.1. The van der Waals surface area contributed by atoms with E-state index in [2.05, 4.69) is 32.2 Å². The summed E-state index contributed by atoms with van der Waals surface area (Å²) in [5, 5.41) is 14.3. The Morgan fingerprint density at radius 3 is 2.64 bits per heavy atom. The second kappa shape index (κ2) is 11.6. The molecule has 2 N–H and O–H groups in total. The normalized spacial score (nSPS) is 22.5. The van der Waals surface area contributed by atoms with Crippen molar-refractivity contribution in [3.8, 4) is 5.82 Å². The van der Waals surface area contributed by atoms with Crippen molar-refractivity contribution >= 4 is 28.4 Å². The van der Waals surface area contributed by atoms with E-state index in [-0.39, 0.29) is 18.3 Å². The summed E-state index contributed by atoms with van der Waals surface area (Å²) in [6.45, 7) is 7.41. The van der Waals surface area contributed by atoms with Gasteiger partial charge in [0.2, 0.25) is 5.95 Å². The molecule has 11 nitrogen and oxygen atoms in total. The molecule has 4 saturated heterocycles. The average Bonchev–Trinajstić information content (AvgIpc) is 3.53. The maximum absolute atomic E-state index is 13.7. The molecule has 12 heteroatoms. The van der Waals surface area contributed by atoms with E-state index in [1.165, 1.54) is 6.42 Å². The summed E-state index contributed by atoms with van der Waals surface area (Å²) in [6, 6.07) is 13.9. The molecule has 4 fully saturated rings. The van der Waals surface area contributed by atoms with Gasteiger partial charge < -0.3 is 20.1 Å². The molecule has 2 bridgehead atoms. The van der Waals surface area contributed by atoms with Crippen LogP contribution in [-0.2, 0) is 10.3 Å². The molecule has 3 atom stereocenters.